The molecule has 19 heavy (non-hydrogen) atoms. The van der Waals surface area contributed by atoms with Crippen LogP contribution in [-0.2, 0) is 6.54 Å². The van der Waals surface area contributed by atoms with E-state index < -0.39 is 0 Å². The number of aromatic nitrogens is 1. The number of hydrogen-bond acceptors (Lipinski definition) is 3. The molecule has 1 N–H and O–H groups in total. The fraction of sp³-hybridized carbons (Fsp3) is 0.267. The average molecular weight is 366 g/mol. The van der Waals surface area contributed by atoms with Crippen molar-refractivity contribution >= 4 is 22.6 Å². The minimum Gasteiger partial charge on any atom is -0.457 e. The Bertz CT molecular complexity index is 570. The lowest BCUT2D eigenvalue weighted by atomic mass is 10.2. The van der Waals surface area contributed by atoms with Gasteiger partial charge < -0.3 is 10.1 Å². The molecule has 0 atom stereocenters. The van der Waals surface area contributed by atoms with E-state index in [1.54, 1.807) is 6.20 Å². The second-order valence-corrected chi connectivity index (χ2v) is 5.94. The van der Waals surface area contributed by atoms with Gasteiger partial charge in [0.25, 0.3) is 0 Å². The zero-order chi connectivity index (χ0) is 13.1. The quantitative estimate of drug-likeness (QED) is 0.819. The van der Waals surface area contributed by atoms with Crippen LogP contribution in [0.1, 0.15) is 18.4 Å². The van der Waals surface area contributed by atoms with Crippen LogP contribution >= 0.6 is 22.6 Å². The number of pyridine rings is 1. The van der Waals surface area contributed by atoms with E-state index in [2.05, 4.69) is 39.0 Å². The van der Waals surface area contributed by atoms with Crippen molar-refractivity contribution in [2.75, 3.05) is 0 Å². The van der Waals surface area contributed by atoms with Gasteiger partial charge in [0.05, 0.1) is 0 Å². The smallest absolute Gasteiger partial charge is 0.134 e. The Labute approximate surface area is 126 Å². The van der Waals surface area contributed by atoms with Gasteiger partial charge in [0.2, 0.25) is 0 Å². The summed E-state index contributed by atoms with van der Waals surface area (Å²) in [5.74, 6) is 1.75. The van der Waals surface area contributed by atoms with Gasteiger partial charge in [-0.25, -0.2) is 0 Å². The number of halogens is 1. The van der Waals surface area contributed by atoms with Gasteiger partial charge in [-0.1, -0.05) is 6.07 Å². The molecule has 1 fully saturated rings. The molecular formula is C15H15IN2O. The van der Waals surface area contributed by atoms with E-state index in [-0.39, 0.29) is 0 Å². The lowest BCUT2D eigenvalue weighted by molar-refractivity contribution is 0.471. The fourth-order valence-corrected chi connectivity index (χ4v) is 2.36. The van der Waals surface area contributed by atoms with Gasteiger partial charge in [0.15, 0.2) is 0 Å². The molecule has 1 aliphatic carbocycles. The van der Waals surface area contributed by atoms with Crippen molar-refractivity contribution in [3.63, 3.8) is 0 Å². The lowest BCUT2D eigenvalue weighted by Crippen LogP contribution is -2.15. The first-order chi connectivity index (χ1) is 9.31. The van der Waals surface area contributed by atoms with Crippen LogP contribution in [0.4, 0.5) is 0 Å². The molecule has 0 saturated heterocycles. The predicted molar refractivity (Wildman–Crippen MR) is 83.3 cm³/mol. The van der Waals surface area contributed by atoms with E-state index in [9.17, 15) is 0 Å². The highest BCUT2D eigenvalue weighted by atomic mass is 127. The highest BCUT2D eigenvalue weighted by molar-refractivity contribution is 14.1. The van der Waals surface area contributed by atoms with Crippen LogP contribution in [0.2, 0.25) is 0 Å². The number of rotatable bonds is 5. The lowest BCUT2D eigenvalue weighted by Gasteiger charge is -2.11. The van der Waals surface area contributed by atoms with Crippen LogP contribution in [0.25, 0.3) is 0 Å². The van der Waals surface area contributed by atoms with Gasteiger partial charge >= 0.3 is 0 Å². The summed E-state index contributed by atoms with van der Waals surface area (Å²) in [6, 6.07) is 10.7. The van der Waals surface area contributed by atoms with Crippen molar-refractivity contribution in [3.05, 3.63) is 51.9 Å². The third kappa shape index (κ3) is 3.67. The summed E-state index contributed by atoms with van der Waals surface area (Å²) in [6.45, 7) is 0.817. The first-order valence-corrected chi connectivity index (χ1v) is 7.49. The number of nitrogens with zero attached hydrogens (tertiary/aromatic N) is 1. The Morgan fingerprint density at radius 3 is 3.00 bits per heavy atom. The highest BCUT2D eigenvalue weighted by Crippen LogP contribution is 2.27. The molecule has 98 valence electrons. The number of ether oxygens (including phenoxy) is 1. The number of nitrogens with one attached hydrogen (secondary N) is 1. The number of hydrogen-bond donors (Lipinski definition) is 1. The zero-order valence-electron chi connectivity index (χ0n) is 10.5. The van der Waals surface area contributed by atoms with Crippen LogP contribution in [-0.4, -0.2) is 11.0 Å². The largest absolute Gasteiger partial charge is 0.457 e. The monoisotopic (exact) mass is 366 g/mol. The second-order valence-electron chi connectivity index (χ2n) is 4.70. The van der Waals surface area contributed by atoms with Crippen LogP contribution < -0.4 is 10.1 Å². The molecule has 0 bridgehead atoms. The maximum atomic E-state index is 5.96. The summed E-state index contributed by atoms with van der Waals surface area (Å²) in [5.41, 5.74) is 1.10. The molecule has 3 nitrogen and oxygen atoms in total. The Morgan fingerprint density at radius 1 is 1.32 bits per heavy atom. The molecule has 0 aliphatic heterocycles. The van der Waals surface area contributed by atoms with Crippen LogP contribution in [0.3, 0.4) is 0 Å². The summed E-state index contributed by atoms with van der Waals surface area (Å²) in [6.07, 6.45) is 6.21. The number of benzene rings is 1. The van der Waals surface area contributed by atoms with Gasteiger partial charge in [-0.05, 0) is 59.7 Å². The molecule has 1 aliphatic rings. The molecule has 1 saturated carbocycles. The zero-order valence-corrected chi connectivity index (χ0v) is 12.6. The third-order valence-electron chi connectivity index (χ3n) is 3.04. The molecule has 0 amide bonds. The average Bonchev–Trinajstić information content (AvgIpc) is 3.22. The SMILES string of the molecule is Ic1cccc(Oc2ccncc2CNC2CC2)c1. The molecule has 0 unspecified atom stereocenters. The van der Waals surface area contributed by atoms with Gasteiger partial charge in [0, 0.05) is 34.1 Å². The van der Waals surface area contributed by atoms with E-state index in [1.165, 1.54) is 16.4 Å². The predicted octanol–water partition coefficient (Wildman–Crippen LogP) is 3.73. The van der Waals surface area contributed by atoms with E-state index in [4.69, 9.17) is 4.74 Å². The van der Waals surface area contributed by atoms with Crippen LogP contribution in [0.15, 0.2) is 42.7 Å². The Kier molecular flexibility index (Phi) is 3.98. The van der Waals surface area contributed by atoms with Crippen molar-refractivity contribution in [1.82, 2.24) is 10.3 Å². The summed E-state index contributed by atoms with van der Waals surface area (Å²) >= 11 is 2.29. The fourth-order valence-electron chi connectivity index (χ4n) is 1.85. The summed E-state index contributed by atoms with van der Waals surface area (Å²) in [4.78, 5) is 4.18. The normalized spacial score (nSPS) is 14.4. The molecule has 0 radical (unpaired) electrons. The summed E-state index contributed by atoms with van der Waals surface area (Å²) in [7, 11) is 0. The van der Waals surface area contributed by atoms with Gasteiger partial charge in [0.1, 0.15) is 11.5 Å². The molecule has 2 aromatic rings. The van der Waals surface area contributed by atoms with Crippen LogP contribution in [0.5, 0.6) is 11.5 Å². The first kappa shape index (κ1) is 12.9. The molecular weight excluding hydrogens is 351 g/mol. The van der Waals surface area contributed by atoms with Crippen LogP contribution in [0, 0.1) is 3.57 Å². The van der Waals surface area contributed by atoms with E-state index >= 15 is 0 Å². The molecule has 0 spiro atoms. The molecule has 3 rings (SSSR count). The first-order valence-electron chi connectivity index (χ1n) is 6.41. The Morgan fingerprint density at radius 2 is 2.21 bits per heavy atom. The topological polar surface area (TPSA) is 34.1 Å². The maximum Gasteiger partial charge on any atom is 0.134 e. The van der Waals surface area contributed by atoms with Gasteiger partial charge in [-0.15, -0.1) is 0 Å². The highest BCUT2D eigenvalue weighted by Gasteiger charge is 2.20. The molecule has 4 heteroatoms. The minimum atomic E-state index is 0.686. The van der Waals surface area contributed by atoms with Crippen molar-refractivity contribution < 1.29 is 4.74 Å². The molecule has 1 heterocycles. The van der Waals surface area contributed by atoms with Crippen molar-refractivity contribution in [2.45, 2.75) is 25.4 Å². The van der Waals surface area contributed by atoms with E-state index in [0.717, 1.165) is 23.6 Å². The van der Waals surface area contributed by atoms with Gasteiger partial charge in [-0.2, -0.15) is 0 Å². The Hall–Kier alpha value is -1.14. The van der Waals surface area contributed by atoms with E-state index in [0.29, 0.717) is 6.04 Å². The van der Waals surface area contributed by atoms with Crippen molar-refractivity contribution in [1.29, 1.82) is 0 Å². The molecule has 1 aromatic carbocycles. The van der Waals surface area contributed by atoms with Crippen molar-refractivity contribution in [2.24, 2.45) is 0 Å². The standard InChI is InChI=1S/C15H15IN2O/c16-12-2-1-3-14(8-12)19-15-6-7-17-9-11(15)10-18-13-4-5-13/h1-3,6-9,13,18H,4-5,10H2. The summed E-state index contributed by atoms with van der Waals surface area (Å²) in [5, 5.41) is 3.49. The van der Waals surface area contributed by atoms with E-state index in [1.807, 2.05) is 30.5 Å². The van der Waals surface area contributed by atoms with Gasteiger partial charge in [-0.3, -0.25) is 4.98 Å². The molecule has 1 aromatic heterocycles. The minimum absolute atomic E-state index is 0.686. The summed E-state index contributed by atoms with van der Waals surface area (Å²) < 4.78 is 7.13. The Balaban J connectivity index is 1.75. The second kappa shape index (κ2) is 5.88. The third-order valence-corrected chi connectivity index (χ3v) is 3.71. The maximum absolute atomic E-state index is 5.96. The van der Waals surface area contributed by atoms with Crippen molar-refractivity contribution in [3.8, 4) is 11.5 Å².